The molecule has 1 unspecified atom stereocenters. The van der Waals surface area contributed by atoms with Gasteiger partial charge in [0.15, 0.2) is 0 Å². The highest BCUT2D eigenvalue weighted by Gasteiger charge is 2.27. The Morgan fingerprint density at radius 1 is 1.05 bits per heavy atom. The van der Waals surface area contributed by atoms with Crippen molar-refractivity contribution in [3.63, 3.8) is 0 Å². The van der Waals surface area contributed by atoms with Gasteiger partial charge in [0.1, 0.15) is 0 Å². The van der Waals surface area contributed by atoms with E-state index in [0.717, 1.165) is 23.4 Å². The first-order chi connectivity index (χ1) is 9.77. The number of rotatable bonds is 2. The number of carbonyl (C=O) groups excluding carboxylic acids is 1. The van der Waals surface area contributed by atoms with E-state index in [1.54, 1.807) is 0 Å². The van der Waals surface area contributed by atoms with Crippen LogP contribution in [0.4, 0.5) is 5.69 Å². The van der Waals surface area contributed by atoms with Gasteiger partial charge in [-0.05, 0) is 18.6 Å². The summed E-state index contributed by atoms with van der Waals surface area (Å²) in [6, 6.07) is 18.2. The van der Waals surface area contributed by atoms with Gasteiger partial charge in [0.25, 0.3) is 0 Å². The average Bonchev–Trinajstić information content (AvgIpc) is 2.51. The van der Waals surface area contributed by atoms with Crippen LogP contribution in [0.1, 0.15) is 6.92 Å². The number of para-hydroxylation sites is 1. The SMILES string of the molecule is CC1NCCN(c2ccccc2-c2ccccc2)C1=O. The van der Waals surface area contributed by atoms with Crippen LogP contribution >= 0.6 is 0 Å². The lowest BCUT2D eigenvalue weighted by molar-refractivity contribution is -0.121. The van der Waals surface area contributed by atoms with Gasteiger partial charge in [-0.25, -0.2) is 0 Å². The predicted molar refractivity (Wildman–Crippen MR) is 81.7 cm³/mol. The van der Waals surface area contributed by atoms with E-state index >= 15 is 0 Å². The van der Waals surface area contributed by atoms with Gasteiger partial charge in [-0.3, -0.25) is 4.79 Å². The topological polar surface area (TPSA) is 32.3 Å². The summed E-state index contributed by atoms with van der Waals surface area (Å²) in [7, 11) is 0. The van der Waals surface area contributed by atoms with Crippen LogP contribution in [-0.4, -0.2) is 25.0 Å². The van der Waals surface area contributed by atoms with E-state index in [4.69, 9.17) is 0 Å². The van der Waals surface area contributed by atoms with E-state index in [-0.39, 0.29) is 11.9 Å². The van der Waals surface area contributed by atoms with Gasteiger partial charge >= 0.3 is 0 Å². The molecule has 0 bridgehead atoms. The fourth-order valence-electron chi connectivity index (χ4n) is 2.63. The molecule has 1 aliphatic rings. The minimum absolute atomic E-state index is 0.118. The minimum Gasteiger partial charge on any atom is -0.309 e. The third-order valence-corrected chi connectivity index (χ3v) is 3.70. The largest absolute Gasteiger partial charge is 0.309 e. The summed E-state index contributed by atoms with van der Waals surface area (Å²) in [6.45, 7) is 3.46. The van der Waals surface area contributed by atoms with Crippen molar-refractivity contribution in [3.05, 3.63) is 54.6 Å². The Labute approximate surface area is 119 Å². The van der Waals surface area contributed by atoms with Crippen LogP contribution in [0.2, 0.25) is 0 Å². The zero-order valence-corrected chi connectivity index (χ0v) is 11.5. The van der Waals surface area contributed by atoms with Gasteiger partial charge in [-0.15, -0.1) is 0 Å². The maximum absolute atomic E-state index is 12.4. The molecule has 2 aromatic carbocycles. The van der Waals surface area contributed by atoms with E-state index < -0.39 is 0 Å². The summed E-state index contributed by atoms with van der Waals surface area (Å²) in [5.74, 6) is 0.139. The molecule has 1 aliphatic heterocycles. The lowest BCUT2D eigenvalue weighted by Crippen LogP contribution is -2.54. The molecular formula is C17H18N2O. The number of anilines is 1. The molecule has 0 saturated carbocycles. The van der Waals surface area contributed by atoms with E-state index in [1.165, 1.54) is 0 Å². The monoisotopic (exact) mass is 266 g/mol. The Hall–Kier alpha value is -2.13. The maximum atomic E-state index is 12.4. The van der Waals surface area contributed by atoms with Gasteiger partial charge < -0.3 is 10.2 Å². The van der Waals surface area contributed by atoms with Crippen LogP contribution in [0.25, 0.3) is 11.1 Å². The number of nitrogens with zero attached hydrogens (tertiary/aromatic N) is 1. The number of benzene rings is 2. The van der Waals surface area contributed by atoms with Crippen LogP contribution < -0.4 is 10.2 Å². The fraction of sp³-hybridized carbons (Fsp3) is 0.235. The van der Waals surface area contributed by atoms with Crippen molar-refractivity contribution in [1.82, 2.24) is 5.32 Å². The summed E-state index contributed by atoms with van der Waals surface area (Å²) in [5.41, 5.74) is 3.25. The molecule has 2 aromatic rings. The molecule has 1 saturated heterocycles. The molecule has 1 heterocycles. The summed E-state index contributed by atoms with van der Waals surface area (Å²) < 4.78 is 0. The van der Waals surface area contributed by atoms with Crippen molar-refractivity contribution in [1.29, 1.82) is 0 Å². The van der Waals surface area contributed by atoms with E-state index in [9.17, 15) is 4.79 Å². The Morgan fingerprint density at radius 3 is 2.55 bits per heavy atom. The lowest BCUT2D eigenvalue weighted by atomic mass is 10.0. The van der Waals surface area contributed by atoms with Crippen molar-refractivity contribution in [3.8, 4) is 11.1 Å². The van der Waals surface area contributed by atoms with Gasteiger partial charge in [-0.1, -0.05) is 48.5 Å². The van der Waals surface area contributed by atoms with Crippen molar-refractivity contribution in [2.45, 2.75) is 13.0 Å². The molecule has 0 spiro atoms. The first kappa shape index (κ1) is 12.9. The highest BCUT2D eigenvalue weighted by Crippen LogP contribution is 2.31. The lowest BCUT2D eigenvalue weighted by Gasteiger charge is -2.32. The fourth-order valence-corrected chi connectivity index (χ4v) is 2.63. The maximum Gasteiger partial charge on any atom is 0.243 e. The van der Waals surface area contributed by atoms with Crippen LogP contribution in [-0.2, 0) is 4.79 Å². The van der Waals surface area contributed by atoms with Gasteiger partial charge in [0, 0.05) is 18.7 Å². The summed E-state index contributed by atoms with van der Waals surface area (Å²) in [5, 5.41) is 3.20. The molecule has 3 nitrogen and oxygen atoms in total. The number of nitrogens with one attached hydrogen (secondary N) is 1. The zero-order valence-electron chi connectivity index (χ0n) is 11.5. The Kier molecular flexibility index (Phi) is 3.52. The average molecular weight is 266 g/mol. The molecule has 0 radical (unpaired) electrons. The quantitative estimate of drug-likeness (QED) is 0.906. The summed E-state index contributed by atoms with van der Waals surface area (Å²) in [4.78, 5) is 14.3. The molecule has 3 heteroatoms. The molecule has 0 aromatic heterocycles. The van der Waals surface area contributed by atoms with Crippen molar-refractivity contribution >= 4 is 11.6 Å². The smallest absolute Gasteiger partial charge is 0.243 e. The van der Waals surface area contributed by atoms with Crippen LogP contribution in [0.5, 0.6) is 0 Å². The third-order valence-electron chi connectivity index (χ3n) is 3.70. The highest BCUT2D eigenvalue weighted by atomic mass is 16.2. The van der Waals surface area contributed by atoms with E-state index in [1.807, 2.05) is 48.2 Å². The molecule has 1 amide bonds. The number of hydrogen-bond donors (Lipinski definition) is 1. The molecule has 1 N–H and O–H groups in total. The molecule has 1 fully saturated rings. The van der Waals surface area contributed by atoms with Crippen molar-refractivity contribution in [2.24, 2.45) is 0 Å². The second-order valence-corrected chi connectivity index (χ2v) is 5.05. The van der Waals surface area contributed by atoms with E-state index in [0.29, 0.717) is 6.54 Å². The molecule has 20 heavy (non-hydrogen) atoms. The third kappa shape index (κ3) is 2.32. The second kappa shape index (κ2) is 5.47. The molecule has 1 atom stereocenters. The molecule has 102 valence electrons. The van der Waals surface area contributed by atoms with Crippen molar-refractivity contribution in [2.75, 3.05) is 18.0 Å². The van der Waals surface area contributed by atoms with Crippen molar-refractivity contribution < 1.29 is 4.79 Å². The summed E-state index contributed by atoms with van der Waals surface area (Å²) in [6.07, 6.45) is 0. The second-order valence-electron chi connectivity index (χ2n) is 5.05. The minimum atomic E-state index is -0.118. The Bertz CT molecular complexity index is 609. The predicted octanol–water partition coefficient (Wildman–Crippen LogP) is 2.68. The Morgan fingerprint density at radius 2 is 1.75 bits per heavy atom. The van der Waals surface area contributed by atoms with Crippen LogP contribution in [0.3, 0.4) is 0 Å². The van der Waals surface area contributed by atoms with Gasteiger partial charge in [0.05, 0.1) is 11.7 Å². The van der Waals surface area contributed by atoms with Crippen LogP contribution in [0.15, 0.2) is 54.6 Å². The highest BCUT2D eigenvalue weighted by molar-refractivity contribution is 6.01. The zero-order chi connectivity index (χ0) is 13.9. The number of carbonyl (C=O) groups is 1. The number of hydrogen-bond acceptors (Lipinski definition) is 2. The standard InChI is InChI=1S/C17H18N2O/c1-13-17(20)19(12-11-18-13)16-10-6-5-9-15(16)14-7-3-2-4-8-14/h2-10,13,18H,11-12H2,1H3. The molecule has 3 rings (SSSR count). The summed E-state index contributed by atoms with van der Waals surface area (Å²) >= 11 is 0. The number of amides is 1. The first-order valence-corrected chi connectivity index (χ1v) is 6.96. The first-order valence-electron chi connectivity index (χ1n) is 6.96. The van der Waals surface area contributed by atoms with Gasteiger partial charge in [0.2, 0.25) is 5.91 Å². The normalized spacial score (nSPS) is 19.1. The number of piperazine rings is 1. The molecular weight excluding hydrogens is 248 g/mol. The molecule has 0 aliphatic carbocycles. The van der Waals surface area contributed by atoms with Crippen LogP contribution in [0, 0.1) is 0 Å². The van der Waals surface area contributed by atoms with E-state index in [2.05, 4.69) is 23.5 Å². The Balaban J connectivity index is 2.04. The van der Waals surface area contributed by atoms with Gasteiger partial charge in [-0.2, -0.15) is 0 Å².